The number of amides is 2. The highest BCUT2D eigenvalue weighted by Crippen LogP contribution is 2.28. The number of rotatable bonds is 9. The first kappa shape index (κ1) is 24.2. The van der Waals surface area contributed by atoms with Crippen molar-refractivity contribution in [2.45, 2.75) is 18.1 Å². The summed E-state index contributed by atoms with van der Waals surface area (Å²) in [4.78, 5) is 28.8. The molecule has 2 heterocycles. The van der Waals surface area contributed by atoms with Crippen molar-refractivity contribution in [3.8, 4) is 5.69 Å². The number of hydrogen-bond donors (Lipinski definition) is 2. The first-order valence-corrected chi connectivity index (χ1v) is 12.6. The van der Waals surface area contributed by atoms with Crippen molar-refractivity contribution in [2.24, 2.45) is 0 Å². The third-order valence-electron chi connectivity index (χ3n) is 4.52. The molecule has 174 valence electrons. The van der Waals surface area contributed by atoms with E-state index in [0.717, 1.165) is 5.56 Å². The molecule has 0 spiro atoms. The molecule has 0 aliphatic rings. The Bertz CT molecular complexity index is 1280. The van der Waals surface area contributed by atoms with E-state index < -0.39 is 0 Å². The second kappa shape index (κ2) is 11.5. The molecule has 2 N–H and O–H groups in total. The van der Waals surface area contributed by atoms with Crippen LogP contribution in [0.3, 0.4) is 0 Å². The summed E-state index contributed by atoms with van der Waals surface area (Å²) >= 11 is 14.8. The second-order valence-electron chi connectivity index (χ2n) is 6.95. The number of benzene rings is 2. The lowest BCUT2D eigenvalue weighted by Gasteiger charge is -2.12. The molecule has 8 nitrogen and oxygen atoms in total. The molecule has 34 heavy (non-hydrogen) atoms. The third-order valence-corrected chi connectivity index (χ3v) is 6.88. The van der Waals surface area contributed by atoms with Gasteiger partial charge in [-0.1, -0.05) is 65.3 Å². The van der Waals surface area contributed by atoms with Crippen LogP contribution in [0.25, 0.3) is 5.69 Å². The van der Waals surface area contributed by atoms with E-state index in [2.05, 4.69) is 25.8 Å². The molecular weight excluding hydrogens is 515 g/mol. The number of halogens is 2. The maximum absolute atomic E-state index is 12.4. The maximum Gasteiger partial charge on any atom is 0.236 e. The molecule has 0 radical (unpaired) electrons. The van der Waals surface area contributed by atoms with Gasteiger partial charge in [-0.3, -0.25) is 14.2 Å². The zero-order chi connectivity index (χ0) is 23.9. The normalized spacial score (nSPS) is 10.8. The fourth-order valence-corrected chi connectivity index (χ4v) is 4.59. The van der Waals surface area contributed by atoms with Gasteiger partial charge in [-0.2, -0.15) is 0 Å². The van der Waals surface area contributed by atoms with Crippen LogP contribution in [0.2, 0.25) is 10.0 Å². The van der Waals surface area contributed by atoms with Gasteiger partial charge in [0.25, 0.3) is 0 Å². The fourth-order valence-electron chi connectivity index (χ4n) is 2.98. The molecule has 0 aliphatic carbocycles. The zero-order valence-electron chi connectivity index (χ0n) is 17.6. The Kier molecular flexibility index (Phi) is 8.17. The second-order valence-corrected chi connectivity index (χ2v) is 9.60. The van der Waals surface area contributed by atoms with Gasteiger partial charge in [0.2, 0.25) is 11.8 Å². The first-order valence-electron chi connectivity index (χ1n) is 10.0. The van der Waals surface area contributed by atoms with E-state index in [1.807, 2.05) is 30.3 Å². The van der Waals surface area contributed by atoms with Crippen LogP contribution < -0.4 is 10.6 Å². The minimum atomic E-state index is -0.221. The number of thioether (sulfide) groups is 1. The van der Waals surface area contributed by atoms with Crippen molar-refractivity contribution in [3.63, 3.8) is 0 Å². The summed E-state index contributed by atoms with van der Waals surface area (Å²) in [5.41, 5.74) is 1.57. The molecule has 2 aromatic heterocycles. The average molecular weight is 533 g/mol. The van der Waals surface area contributed by atoms with E-state index in [0.29, 0.717) is 31.8 Å². The van der Waals surface area contributed by atoms with Gasteiger partial charge in [0, 0.05) is 11.6 Å². The van der Waals surface area contributed by atoms with Gasteiger partial charge >= 0.3 is 0 Å². The minimum Gasteiger partial charge on any atom is -0.348 e. The molecule has 2 aromatic carbocycles. The summed E-state index contributed by atoms with van der Waals surface area (Å²) in [6.07, 6.45) is 1.87. The molecule has 0 aliphatic heterocycles. The van der Waals surface area contributed by atoms with Gasteiger partial charge in [-0.15, -0.1) is 21.5 Å². The highest BCUT2D eigenvalue weighted by atomic mass is 35.5. The van der Waals surface area contributed by atoms with Gasteiger partial charge in [0.1, 0.15) is 0 Å². The fraction of sp³-hybridized carbons (Fsp3) is 0.136. The summed E-state index contributed by atoms with van der Waals surface area (Å²) < 4.78 is 1.74. The van der Waals surface area contributed by atoms with Crippen LogP contribution in [0.15, 0.2) is 65.3 Å². The molecule has 0 fully saturated rings. The van der Waals surface area contributed by atoms with E-state index in [1.165, 1.54) is 23.1 Å². The van der Waals surface area contributed by atoms with Crippen molar-refractivity contribution in [1.29, 1.82) is 0 Å². The quantitative estimate of drug-likeness (QED) is 0.305. The van der Waals surface area contributed by atoms with Crippen molar-refractivity contribution in [2.75, 3.05) is 11.1 Å². The SMILES string of the molecule is O=C(Cc1ccccc1)NCc1nnc(SCC(=O)Nc2nccs2)n1-c1ccc(Cl)c(Cl)c1. The molecular formula is C22H18Cl2N6O2S2. The van der Waals surface area contributed by atoms with Crippen LogP contribution in [0.5, 0.6) is 0 Å². The maximum atomic E-state index is 12.4. The smallest absolute Gasteiger partial charge is 0.236 e. The number of anilines is 1. The predicted octanol–water partition coefficient (Wildman–Crippen LogP) is 4.62. The van der Waals surface area contributed by atoms with E-state index in [-0.39, 0.29) is 30.5 Å². The number of thiazole rings is 1. The van der Waals surface area contributed by atoms with Gasteiger partial charge in [0.15, 0.2) is 16.1 Å². The summed E-state index contributed by atoms with van der Waals surface area (Å²) in [6.45, 7) is 0.144. The standard InChI is InChI=1S/C22H18Cl2N6O2S2/c23-16-7-6-15(11-17(16)24)30-18(12-26-19(31)10-14-4-2-1-3-5-14)28-29-22(30)34-13-20(32)27-21-25-8-9-33-21/h1-9,11H,10,12-13H2,(H,26,31)(H,25,27,32). The molecule has 0 saturated carbocycles. The van der Waals surface area contributed by atoms with E-state index in [9.17, 15) is 9.59 Å². The molecule has 0 unspecified atom stereocenters. The highest BCUT2D eigenvalue weighted by Gasteiger charge is 2.18. The Morgan fingerprint density at radius 1 is 1.03 bits per heavy atom. The molecule has 0 saturated heterocycles. The summed E-state index contributed by atoms with van der Waals surface area (Å²) in [7, 11) is 0. The van der Waals surface area contributed by atoms with Crippen LogP contribution >= 0.6 is 46.3 Å². The van der Waals surface area contributed by atoms with Crippen molar-refractivity contribution < 1.29 is 9.59 Å². The largest absolute Gasteiger partial charge is 0.348 e. The summed E-state index contributed by atoms with van der Waals surface area (Å²) in [5, 5.41) is 17.6. The van der Waals surface area contributed by atoms with Crippen LogP contribution in [0, 0.1) is 0 Å². The Morgan fingerprint density at radius 3 is 2.59 bits per heavy atom. The number of aromatic nitrogens is 4. The van der Waals surface area contributed by atoms with Gasteiger partial charge < -0.3 is 10.6 Å². The number of carbonyl (C=O) groups excluding carboxylic acids is 2. The van der Waals surface area contributed by atoms with Gasteiger partial charge in [-0.25, -0.2) is 4.98 Å². The molecule has 0 atom stereocenters. The van der Waals surface area contributed by atoms with Gasteiger partial charge in [-0.05, 0) is 23.8 Å². The Labute approximate surface area is 213 Å². The molecule has 4 aromatic rings. The lowest BCUT2D eigenvalue weighted by molar-refractivity contribution is -0.120. The number of carbonyl (C=O) groups is 2. The Balaban J connectivity index is 1.50. The van der Waals surface area contributed by atoms with E-state index in [4.69, 9.17) is 23.2 Å². The molecule has 2 amide bonds. The van der Waals surface area contributed by atoms with Crippen LogP contribution in [-0.4, -0.2) is 37.3 Å². The number of nitrogens with one attached hydrogen (secondary N) is 2. The molecule has 12 heteroatoms. The van der Waals surface area contributed by atoms with Crippen LogP contribution in [-0.2, 0) is 22.6 Å². The number of nitrogens with zero attached hydrogens (tertiary/aromatic N) is 4. The highest BCUT2D eigenvalue weighted by molar-refractivity contribution is 7.99. The van der Waals surface area contributed by atoms with E-state index >= 15 is 0 Å². The lowest BCUT2D eigenvalue weighted by Crippen LogP contribution is -2.26. The zero-order valence-corrected chi connectivity index (χ0v) is 20.7. The Hall–Kier alpha value is -2.92. The van der Waals surface area contributed by atoms with Crippen LogP contribution in [0.4, 0.5) is 5.13 Å². The minimum absolute atomic E-state index is 0.0966. The third kappa shape index (κ3) is 6.35. The Morgan fingerprint density at radius 2 is 1.85 bits per heavy atom. The average Bonchev–Trinajstić information content (AvgIpc) is 3.48. The van der Waals surface area contributed by atoms with Crippen molar-refractivity contribution >= 4 is 63.2 Å². The summed E-state index contributed by atoms with van der Waals surface area (Å²) in [5.74, 6) is 0.218. The monoisotopic (exact) mass is 532 g/mol. The number of hydrogen-bond acceptors (Lipinski definition) is 7. The first-order chi connectivity index (χ1) is 16.5. The van der Waals surface area contributed by atoms with E-state index in [1.54, 1.807) is 34.3 Å². The summed E-state index contributed by atoms with van der Waals surface area (Å²) in [6, 6.07) is 14.6. The van der Waals surface area contributed by atoms with Crippen molar-refractivity contribution in [3.05, 3.63) is 81.5 Å². The van der Waals surface area contributed by atoms with Crippen molar-refractivity contribution in [1.82, 2.24) is 25.1 Å². The molecule has 4 rings (SSSR count). The lowest BCUT2D eigenvalue weighted by atomic mass is 10.1. The predicted molar refractivity (Wildman–Crippen MR) is 135 cm³/mol. The van der Waals surface area contributed by atoms with Crippen LogP contribution in [0.1, 0.15) is 11.4 Å². The van der Waals surface area contributed by atoms with Gasteiger partial charge in [0.05, 0.1) is 34.5 Å². The molecule has 0 bridgehead atoms. The topological polar surface area (TPSA) is 102 Å².